The fraction of sp³-hybridized carbons (Fsp3) is 0.0141. The van der Waals surface area contributed by atoms with Gasteiger partial charge in [0.05, 0.1) is 16.4 Å². The highest BCUT2D eigenvalue weighted by Gasteiger charge is 2.52. The third-order valence-electron chi connectivity index (χ3n) is 16.4. The lowest BCUT2D eigenvalue weighted by molar-refractivity contribution is 0.795. The Morgan fingerprint density at radius 1 is 0.236 bits per heavy atom. The summed E-state index contributed by atoms with van der Waals surface area (Å²) in [4.78, 5) is 0. The van der Waals surface area contributed by atoms with Crippen molar-refractivity contribution in [1.82, 2.24) is 4.57 Å². The molecule has 0 radical (unpaired) electrons. The molecule has 1 nitrogen and oxygen atoms in total. The van der Waals surface area contributed by atoms with Gasteiger partial charge in [-0.25, -0.2) is 0 Å². The maximum atomic E-state index is 2.58. The summed E-state index contributed by atoms with van der Waals surface area (Å²) >= 11 is 0. The van der Waals surface area contributed by atoms with Crippen molar-refractivity contribution in [1.29, 1.82) is 0 Å². The van der Waals surface area contributed by atoms with E-state index in [0.717, 1.165) is 0 Å². The summed E-state index contributed by atoms with van der Waals surface area (Å²) in [6, 6.07) is 98.0. The molecule has 0 saturated heterocycles. The summed E-state index contributed by atoms with van der Waals surface area (Å²) in [6.45, 7) is 0. The van der Waals surface area contributed by atoms with E-state index in [1.54, 1.807) is 0 Å². The smallest absolute Gasteiger partial charge is 0.0726 e. The maximum Gasteiger partial charge on any atom is 0.0726 e. The molecule has 2 aliphatic rings. The van der Waals surface area contributed by atoms with Crippen LogP contribution >= 0.6 is 0 Å². The van der Waals surface area contributed by atoms with Crippen LogP contribution in [0.15, 0.2) is 261 Å². The van der Waals surface area contributed by atoms with Gasteiger partial charge in [-0.15, -0.1) is 0 Å². The lowest BCUT2D eigenvalue weighted by Gasteiger charge is -2.31. The van der Waals surface area contributed by atoms with Crippen molar-refractivity contribution in [3.63, 3.8) is 0 Å². The van der Waals surface area contributed by atoms with E-state index in [4.69, 9.17) is 0 Å². The van der Waals surface area contributed by atoms with Gasteiger partial charge in [0.1, 0.15) is 0 Å². The predicted octanol–water partition coefficient (Wildman–Crippen LogP) is 18.7. The van der Waals surface area contributed by atoms with Crippen molar-refractivity contribution < 1.29 is 0 Å². The minimum absolute atomic E-state index is 0.486. The van der Waals surface area contributed by atoms with Gasteiger partial charge in [0.2, 0.25) is 0 Å². The zero-order valence-electron chi connectivity index (χ0n) is 39.3. The summed E-state index contributed by atoms with van der Waals surface area (Å²) in [5.41, 5.74) is 21.3. The molecule has 1 heteroatoms. The summed E-state index contributed by atoms with van der Waals surface area (Å²) in [6.07, 6.45) is 0. The molecular weight excluding hydrogens is 867 g/mol. The van der Waals surface area contributed by atoms with E-state index in [1.165, 1.54) is 148 Å². The molecule has 0 bridgehead atoms. The first-order chi connectivity index (χ1) is 35.8. The lowest BCUT2D eigenvalue weighted by atomic mass is 9.70. The van der Waals surface area contributed by atoms with E-state index in [2.05, 4.69) is 265 Å². The third-order valence-corrected chi connectivity index (χ3v) is 16.4. The second kappa shape index (κ2) is 14.9. The fourth-order valence-corrected chi connectivity index (χ4v) is 13.6. The van der Waals surface area contributed by atoms with Crippen molar-refractivity contribution >= 4 is 64.9 Å². The molecule has 16 rings (SSSR count). The Balaban J connectivity index is 0.939. The molecule has 1 aromatic heterocycles. The SMILES string of the molecule is c1ccc(-n2c3ccccc3c3cc(-c4c5ccccc5c(-c5cccc(-c6cc7c(c8ccccc68)-c6c(ccc8ccccc68)C76c7ccccc7-c7ccccc76)c5)c5ccccc45)ccc32)cc1. The van der Waals surface area contributed by atoms with Gasteiger partial charge in [-0.3, -0.25) is 0 Å². The zero-order valence-corrected chi connectivity index (χ0v) is 39.3. The summed E-state index contributed by atoms with van der Waals surface area (Å²) in [7, 11) is 0. The highest BCUT2D eigenvalue weighted by atomic mass is 15.0. The second-order valence-electron chi connectivity index (χ2n) is 19.8. The summed E-state index contributed by atoms with van der Waals surface area (Å²) < 4.78 is 2.40. The van der Waals surface area contributed by atoms with E-state index in [-0.39, 0.29) is 0 Å². The molecule has 13 aromatic carbocycles. The molecule has 0 aliphatic heterocycles. The van der Waals surface area contributed by atoms with E-state index >= 15 is 0 Å². The topological polar surface area (TPSA) is 4.93 Å². The van der Waals surface area contributed by atoms with E-state index < -0.39 is 5.41 Å². The standard InChI is InChI=1S/C71H43N/c1-2-22-48(23-3-1)72-65-36-17-14-28-53(65)60-42-47(38-40-66(60)72)68-57-32-10-8-30-55(57)67(56-31-9-11-33-58(56)68)46-21-18-20-45(41-46)59-43-64-70(54-29-7-6-25-50(54)59)69-49-24-5-4-19-44(49)37-39-63(69)71(64)61-34-15-12-26-51(61)52-27-13-16-35-62(52)71/h1-43H. The summed E-state index contributed by atoms with van der Waals surface area (Å²) in [5, 5.41) is 12.6. The van der Waals surface area contributed by atoms with Crippen LogP contribution < -0.4 is 0 Å². The van der Waals surface area contributed by atoms with Crippen molar-refractivity contribution in [2.45, 2.75) is 5.41 Å². The first-order valence-corrected chi connectivity index (χ1v) is 25.2. The Hall–Kier alpha value is -9.30. The number of hydrogen-bond acceptors (Lipinski definition) is 0. The third kappa shape index (κ3) is 5.21. The van der Waals surface area contributed by atoms with Crippen molar-refractivity contribution in [2.75, 3.05) is 0 Å². The van der Waals surface area contributed by atoms with Crippen LogP contribution in [0.1, 0.15) is 22.3 Å². The first-order valence-electron chi connectivity index (χ1n) is 25.2. The van der Waals surface area contributed by atoms with Gasteiger partial charge in [-0.05, 0) is 163 Å². The van der Waals surface area contributed by atoms with E-state index in [0.29, 0.717) is 0 Å². The molecule has 1 heterocycles. The maximum absolute atomic E-state index is 2.58. The molecule has 0 fully saturated rings. The molecule has 0 atom stereocenters. The van der Waals surface area contributed by atoms with Gasteiger partial charge in [0.15, 0.2) is 0 Å². The van der Waals surface area contributed by atoms with Gasteiger partial charge in [0, 0.05) is 16.5 Å². The van der Waals surface area contributed by atoms with Gasteiger partial charge >= 0.3 is 0 Å². The van der Waals surface area contributed by atoms with Crippen LogP contribution in [0.4, 0.5) is 0 Å². The van der Waals surface area contributed by atoms with Crippen molar-refractivity contribution in [2.24, 2.45) is 0 Å². The van der Waals surface area contributed by atoms with Gasteiger partial charge in [-0.2, -0.15) is 0 Å². The van der Waals surface area contributed by atoms with Crippen LogP contribution in [0.3, 0.4) is 0 Å². The molecule has 332 valence electrons. The average Bonchev–Trinajstić information content (AvgIpc) is 4.07. The van der Waals surface area contributed by atoms with Crippen LogP contribution in [0.2, 0.25) is 0 Å². The van der Waals surface area contributed by atoms with Crippen molar-refractivity contribution in [3.05, 3.63) is 283 Å². The molecule has 14 aromatic rings. The second-order valence-corrected chi connectivity index (χ2v) is 19.8. The molecule has 0 N–H and O–H groups in total. The fourth-order valence-electron chi connectivity index (χ4n) is 13.6. The average molecular weight is 910 g/mol. The highest BCUT2D eigenvalue weighted by molar-refractivity contribution is 6.23. The molecule has 0 amide bonds. The van der Waals surface area contributed by atoms with Gasteiger partial charge < -0.3 is 4.57 Å². The Morgan fingerprint density at radius 3 is 1.42 bits per heavy atom. The quantitative estimate of drug-likeness (QED) is 0.155. The molecule has 2 aliphatic carbocycles. The molecule has 1 spiro atoms. The Kier molecular flexibility index (Phi) is 8.16. The number of para-hydroxylation sites is 2. The highest BCUT2D eigenvalue weighted by Crippen LogP contribution is 2.65. The van der Waals surface area contributed by atoms with Gasteiger partial charge in [-0.1, -0.05) is 218 Å². The van der Waals surface area contributed by atoms with Crippen LogP contribution in [0.5, 0.6) is 0 Å². The minimum atomic E-state index is -0.486. The number of fused-ring (bicyclic) bond motifs is 19. The van der Waals surface area contributed by atoms with Gasteiger partial charge in [0.25, 0.3) is 0 Å². The normalized spacial score (nSPS) is 13.1. The number of hydrogen-bond donors (Lipinski definition) is 0. The minimum Gasteiger partial charge on any atom is -0.309 e. The largest absolute Gasteiger partial charge is 0.309 e. The number of aromatic nitrogens is 1. The van der Waals surface area contributed by atoms with Crippen LogP contribution in [0.25, 0.3) is 126 Å². The number of rotatable bonds is 4. The number of nitrogens with zero attached hydrogens (tertiary/aromatic N) is 1. The Morgan fingerprint density at radius 2 is 0.736 bits per heavy atom. The van der Waals surface area contributed by atoms with Crippen molar-refractivity contribution in [3.8, 4) is 61.3 Å². The molecule has 72 heavy (non-hydrogen) atoms. The Bertz CT molecular complexity index is 4520. The Labute approximate surface area is 417 Å². The molecule has 0 saturated carbocycles. The first kappa shape index (κ1) is 39.5. The number of benzene rings is 13. The predicted molar refractivity (Wildman–Crippen MR) is 303 cm³/mol. The monoisotopic (exact) mass is 909 g/mol. The molecular formula is C71H43N. The molecule has 0 unspecified atom stereocenters. The zero-order chi connectivity index (χ0) is 47.1. The summed E-state index contributed by atoms with van der Waals surface area (Å²) in [5.74, 6) is 0. The van der Waals surface area contributed by atoms with E-state index in [9.17, 15) is 0 Å². The van der Waals surface area contributed by atoms with Crippen LogP contribution in [0, 0.1) is 0 Å². The van der Waals surface area contributed by atoms with E-state index in [1.807, 2.05) is 0 Å². The van der Waals surface area contributed by atoms with Crippen LogP contribution in [-0.2, 0) is 5.41 Å². The van der Waals surface area contributed by atoms with Crippen LogP contribution in [-0.4, -0.2) is 4.57 Å². The lowest BCUT2D eigenvalue weighted by Crippen LogP contribution is -2.26.